The summed E-state index contributed by atoms with van der Waals surface area (Å²) in [5.41, 5.74) is 0. The highest BCUT2D eigenvalue weighted by Gasteiger charge is 2.24. The number of carbonyl (C=O) groups excluding carboxylic acids is 1. The Morgan fingerprint density at radius 2 is 2.50 bits per heavy atom. The van der Waals surface area contributed by atoms with Gasteiger partial charge in [-0.1, -0.05) is 6.92 Å². The van der Waals surface area contributed by atoms with Gasteiger partial charge in [0.1, 0.15) is 0 Å². The molecule has 1 unspecified atom stereocenters. The maximum Gasteiger partial charge on any atom is 0.222 e. The smallest absolute Gasteiger partial charge is 0.222 e. The molecule has 0 aromatic carbocycles. The second-order valence-electron chi connectivity index (χ2n) is 2.98. The second-order valence-corrected chi connectivity index (χ2v) is 2.98. The highest BCUT2D eigenvalue weighted by atomic mass is 16.3. The van der Waals surface area contributed by atoms with Gasteiger partial charge in [-0.25, -0.2) is 0 Å². The molecule has 0 radical (unpaired) electrons. The molecule has 0 aliphatic carbocycles. The van der Waals surface area contributed by atoms with E-state index >= 15 is 0 Å². The summed E-state index contributed by atoms with van der Waals surface area (Å²) in [5, 5.41) is 12.1. The van der Waals surface area contributed by atoms with Gasteiger partial charge in [-0.3, -0.25) is 4.79 Å². The number of nitrogens with one attached hydrogen (secondary N) is 1. The van der Waals surface area contributed by atoms with E-state index in [1.54, 1.807) is 4.90 Å². The van der Waals surface area contributed by atoms with Crippen molar-refractivity contribution in [3.63, 3.8) is 0 Å². The summed E-state index contributed by atoms with van der Waals surface area (Å²) < 4.78 is 0. The lowest BCUT2D eigenvalue weighted by molar-refractivity contribution is -0.135. The van der Waals surface area contributed by atoms with Gasteiger partial charge in [0.25, 0.3) is 0 Å². The molecule has 4 nitrogen and oxygen atoms in total. The lowest BCUT2D eigenvalue weighted by Crippen LogP contribution is -2.55. The third-order valence-corrected chi connectivity index (χ3v) is 2.18. The van der Waals surface area contributed by atoms with Crippen LogP contribution in [0.15, 0.2) is 0 Å². The number of rotatable bonds is 2. The van der Waals surface area contributed by atoms with Gasteiger partial charge in [0.2, 0.25) is 5.91 Å². The second kappa shape index (κ2) is 4.42. The van der Waals surface area contributed by atoms with Gasteiger partial charge in [-0.2, -0.15) is 0 Å². The molecule has 0 spiro atoms. The normalized spacial score (nSPS) is 24.2. The molecule has 0 bridgehead atoms. The van der Waals surface area contributed by atoms with E-state index in [4.69, 9.17) is 5.11 Å². The first-order chi connectivity index (χ1) is 5.79. The average molecular weight is 172 g/mol. The fourth-order valence-electron chi connectivity index (χ4n) is 1.46. The number of amides is 1. The van der Waals surface area contributed by atoms with Crippen LogP contribution in [0.2, 0.25) is 0 Å². The zero-order chi connectivity index (χ0) is 8.97. The maximum absolute atomic E-state index is 11.3. The molecule has 1 saturated heterocycles. The lowest BCUT2D eigenvalue weighted by Gasteiger charge is -2.34. The number of aliphatic hydroxyl groups is 1. The van der Waals surface area contributed by atoms with E-state index in [2.05, 4.69) is 5.32 Å². The molecule has 4 heteroatoms. The minimum Gasteiger partial charge on any atom is -0.394 e. The van der Waals surface area contributed by atoms with Crippen LogP contribution in [0.1, 0.15) is 13.3 Å². The lowest BCUT2D eigenvalue weighted by atomic mass is 10.2. The van der Waals surface area contributed by atoms with Gasteiger partial charge in [-0.15, -0.1) is 0 Å². The molecular formula is C8H16N2O2. The van der Waals surface area contributed by atoms with Gasteiger partial charge in [-0.05, 0) is 0 Å². The van der Waals surface area contributed by atoms with Crippen LogP contribution < -0.4 is 5.32 Å². The van der Waals surface area contributed by atoms with Gasteiger partial charge < -0.3 is 15.3 Å². The van der Waals surface area contributed by atoms with Crippen LogP contribution in [0.5, 0.6) is 0 Å². The molecule has 1 heterocycles. The Hall–Kier alpha value is -0.610. The Morgan fingerprint density at radius 3 is 3.08 bits per heavy atom. The van der Waals surface area contributed by atoms with Crippen LogP contribution >= 0.6 is 0 Å². The fourth-order valence-corrected chi connectivity index (χ4v) is 1.46. The van der Waals surface area contributed by atoms with E-state index in [0.29, 0.717) is 13.0 Å². The van der Waals surface area contributed by atoms with Gasteiger partial charge in [0.05, 0.1) is 12.6 Å². The van der Waals surface area contributed by atoms with E-state index in [-0.39, 0.29) is 18.6 Å². The monoisotopic (exact) mass is 172 g/mol. The van der Waals surface area contributed by atoms with E-state index in [1.807, 2.05) is 6.92 Å². The number of carbonyl (C=O) groups is 1. The molecule has 2 N–H and O–H groups in total. The summed E-state index contributed by atoms with van der Waals surface area (Å²) >= 11 is 0. The van der Waals surface area contributed by atoms with Crippen molar-refractivity contribution < 1.29 is 9.90 Å². The van der Waals surface area contributed by atoms with Crippen LogP contribution in [0.4, 0.5) is 0 Å². The summed E-state index contributed by atoms with van der Waals surface area (Å²) in [7, 11) is 0. The molecule has 12 heavy (non-hydrogen) atoms. The molecule has 1 aliphatic rings. The Bertz CT molecular complexity index is 161. The summed E-state index contributed by atoms with van der Waals surface area (Å²) in [5.74, 6) is 0.135. The quantitative estimate of drug-likeness (QED) is 0.573. The summed E-state index contributed by atoms with van der Waals surface area (Å²) in [6.07, 6.45) is 0.524. The van der Waals surface area contributed by atoms with Crippen LogP contribution in [-0.2, 0) is 4.79 Å². The number of nitrogens with zero attached hydrogens (tertiary/aromatic N) is 1. The summed E-state index contributed by atoms with van der Waals surface area (Å²) in [6, 6.07) is -0.0220. The van der Waals surface area contributed by atoms with Crippen molar-refractivity contribution >= 4 is 5.91 Å². The molecule has 70 valence electrons. The molecule has 1 fully saturated rings. The van der Waals surface area contributed by atoms with Crippen molar-refractivity contribution in [2.45, 2.75) is 19.4 Å². The Labute approximate surface area is 72.6 Å². The number of piperazine rings is 1. The van der Waals surface area contributed by atoms with Gasteiger partial charge in [0.15, 0.2) is 0 Å². The summed E-state index contributed by atoms with van der Waals surface area (Å²) in [6.45, 7) is 4.17. The van der Waals surface area contributed by atoms with Crippen LogP contribution in [0, 0.1) is 0 Å². The molecular weight excluding hydrogens is 156 g/mol. The highest BCUT2D eigenvalue weighted by molar-refractivity contribution is 5.76. The Morgan fingerprint density at radius 1 is 1.75 bits per heavy atom. The third-order valence-electron chi connectivity index (χ3n) is 2.18. The maximum atomic E-state index is 11.3. The molecule has 1 rings (SSSR count). The minimum atomic E-state index is -0.0220. The standard InChI is InChI=1S/C8H16N2O2/c1-2-8(12)10-4-3-9-5-7(10)6-11/h7,9,11H,2-6H2,1H3. The molecule has 1 aliphatic heterocycles. The zero-order valence-electron chi connectivity index (χ0n) is 7.42. The molecule has 0 aromatic rings. The molecule has 1 amide bonds. The van der Waals surface area contributed by atoms with Crippen LogP contribution in [0.3, 0.4) is 0 Å². The predicted molar refractivity (Wildman–Crippen MR) is 45.7 cm³/mol. The van der Waals surface area contributed by atoms with Crippen molar-refractivity contribution in [3.05, 3.63) is 0 Å². The van der Waals surface area contributed by atoms with Crippen LogP contribution in [-0.4, -0.2) is 48.2 Å². The Balaban J connectivity index is 2.52. The number of hydrogen-bond acceptors (Lipinski definition) is 3. The topological polar surface area (TPSA) is 52.6 Å². The number of aliphatic hydroxyl groups excluding tert-OH is 1. The first-order valence-corrected chi connectivity index (χ1v) is 4.40. The number of hydrogen-bond donors (Lipinski definition) is 2. The van der Waals surface area contributed by atoms with E-state index in [0.717, 1.165) is 13.1 Å². The predicted octanol–water partition coefficient (Wildman–Crippen LogP) is -0.811. The zero-order valence-corrected chi connectivity index (χ0v) is 7.42. The highest BCUT2D eigenvalue weighted by Crippen LogP contribution is 2.04. The first kappa shape index (κ1) is 9.48. The van der Waals surface area contributed by atoms with Crippen molar-refractivity contribution in [1.29, 1.82) is 0 Å². The van der Waals surface area contributed by atoms with Crippen molar-refractivity contribution in [3.8, 4) is 0 Å². The largest absolute Gasteiger partial charge is 0.394 e. The van der Waals surface area contributed by atoms with Crippen molar-refractivity contribution in [2.24, 2.45) is 0 Å². The molecule has 0 saturated carbocycles. The Kier molecular flexibility index (Phi) is 3.49. The van der Waals surface area contributed by atoms with Crippen molar-refractivity contribution in [1.82, 2.24) is 10.2 Å². The molecule has 0 aromatic heterocycles. The SMILES string of the molecule is CCC(=O)N1CCNCC1CO. The average Bonchev–Trinajstić information content (AvgIpc) is 2.16. The fraction of sp³-hybridized carbons (Fsp3) is 0.875. The van der Waals surface area contributed by atoms with E-state index in [9.17, 15) is 4.79 Å². The van der Waals surface area contributed by atoms with Gasteiger partial charge in [0, 0.05) is 26.1 Å². The third kappa shape index (κ3) is 1.95. The first-order valence-electron chi connectivity index (χ1n) is 4.40. The van der Waals surface area contributed by atoms with Gasteiger partial charge >= 0.3 is 0 Å². The van der Waals surface area contributed by atoms with Crippen molar-refractivity contribution in [2.75, 3.05) is 26.2 Å². The minimum absolute atomic E-state index is 0.0220. The van der Waals surface area contributed by atoms with Crippen LogP contribution in [0.25, 0.3) is 0 Å². The summed E-state index contributed by atoms with van der Waals surface area (Å²) in [4.78, 5) is 13.1. The van der Waals surface area contributed by atoms with E-state index < -0.39 is 0 Å². The van der Waals surface area contributed by atoms with E-state index in [1.165, 1.54) is 0 Å². The molecule has 1 atom stereocenters.